The van der Waals surface area contributed by atoms with Crippen LogP contribution in [0.1, 0.15) is 100 Å². The molecule has 3 aromatic rings. The van der Waals surface area contributed by atoms with Crippen molar-refractivity contribution >= 4 is 31.2 Å². The predicted molar refractivity (Wildman–Crippen MR) is 193 cm³/mol. The largest absolute Gasteiger partial charge is 0.496 e. The van der Waals surface area contributed by atoms with Gasteiger partial charge in [-0.25, -0.2) is 4.98 Å². The van der Waals surface area contributed by atoms with Crippen molar-refractivity contribution in [2.45, 2.75) is 109 Å². The molecule has 1 amide bonds. The summed E-state index contributed by atoms with van der Waals surface area (Å²) in [5.41, 5.74) is 7.06. The second-order valence-corrected chi connectivity index (χ2v) is 20.4. The zero-order chi connectivity index (χ0) is 32.9. The van der Waals surface area contributed by atoms with E-state index in [1.807, 2.05) is 17.5 Å². The summed E-state index contributed by atoms with van der Waals surface area (Å²) in [7, 11) is -0.102. The Kier molecular flexibility index (Phi) is 11.1. The first-order valence-corrected chi connectivity index (χ1v) is 20.9. The van der Waals surface area contributed by atoms with Crippen molar-refractivity contribution in [3.63, 3.8) is 0 Å². The zero-order valence-corrected chi connectivity index (χ0v) is 30.7. The Bertz CT molecular complexity index is 1520. The Morgan fingerprint density at radius 3 is 2.37 bits per heavy atom. The lowest BCUT2D eigenvalue weighted by atomic mass is 9.78. The summed E-state index contributed by atoms with van der Waals surface area (Å²) in [4.78, 5) is 20.8. The molecule has 5 nitrogen and oxygen atoms in total. The van der Waals surface area contributed by atoms with Crippen molar-refractivity contribution in [2.24, 2.45) is 11.8 Å². The molecule has 0 saturated heterocycles. The number of rotatable bonds is 8. The molecule has 5 rings (SSSR count). The highest BCUT2D eigenvalue weighted by molar-refractivity contribution is 7.07. The smallest absolute Gasteiger partial charge is 0.230 e. The molecule has 1 aromatic heterocycles. The summed E-state index contributed by atoms with van der Waals surface area (Å²) >= 11 is 1.55. The van der Waals surface area contributed by atoms with Crippen molar-refractivity contribution in [2.75, 3.05) is 18.6 Å². The third kappa shape index (κ3) is 8.50. The summed E-state index contributed by atoms with van der Waals surface area (Å²) in [5, 5.41) is 2.15. The second-order valence-electron chi connectivity index (χ2n) is 14.9. The molecule has 7 heteroatoms. The molecule has 2 saturated carbocycles. The summed E-state index contributed by atoms with van der Waals surface area (Å²) in [6.45, 7) is 14.4. The van der Waals surface area contributed by atoms with E-state index in [0.717, 1.165) is 80.6 Å². The maximum absolute atomic E-state index is 14.4. The number of methoxy groups -OCH3 is 1. The lowest BCUT2D eigenvalue weighted by molar-refractivity contribution is -0.124. The number of aryl methyl sites for hydroxylation is 1. The molecule has 2 aliphatic rings. The quantitative estimate of drug-likeness (QED) is 0.179. The first kappa shape index (κ1) is 34.4. The molecule has 0 N–H and O–H groups in total. The van der Waals surface area contributed by atoms with Crippen LogP contribution in [0.25, 0.3) is 0 Å². The molecule has 2 fully saturated rings. The minimum atomic E-state index is -1.84. The number of ether oxygens (including phenoxy) is 1. The van der Waals surface area contributed by atoms with E-state index in [9.17, 15) is 4.79 Å². The molecular weight excluding hydrogens is 605 g/mol. The van der Waals surface area contributed by atoms with Crippen LogP contribution in [0.3, 0.4) is 0 Å². The molecular formula is C39H52N2O3SSi. The molecule has 46 heavy (non-hydrogen) atoms. The van der Waals surface area contributed by atoms with E-state index in [1.165, 1.54) is 11.1 Å². The van der Waals surface area contributed by atoms with E-state index in [-0.39, 0.29) is 23.0 Å². The van der Waals surface area contributed by atoms with Gasteiger partial charge in [-0.1, -0.05) is 44.9 Å². The van der Waals surface area contributed by atoms with Gasteiger partial charge in [0.2, 0.25) is 5.91 Å². The van der Waals surface area contributed by atoms with Gasteiger partial charge in [-0.2, -0.15) is 0 Å². The van der Waals surface area contributed by atoms with Crippen LogP contribution in [0.15, 0.2) is 53.4 Å². The van der Waals surface area contributed by atoms with E-state index in [4.69, 9.17) is 9.16 Å². The monoisotopic (exact) mass is 656 g/mol. The molecule has 0 unspecified atom stereocenters. The van der Waals surface area contributed by atoms with E-state index in [0.29, 0.717) is 11.8 Å². The Morgan fingerprint density at radius 1 is 1.00 bits per heavy atom. The van der Waals surface area contributed by atoms with E-state index in [2.05, 4.69) is 92.8 Å². The van der Waals surface area contributed by atoms with E-state index in [1.54, 1.807) is 24.0 Å². The number of amides is 1. The fourth-order valence-corrected chi connectivity index (χ4v) is 8.72. The maximum atomic E-state index is 14.4. The fourth-order valence-electron chi connectivity index (χ4n) is 6.82. The van der Waals surface area contributed by atoms with E-state index >= 15 is 0 Å². The van der Waals surface area contributed by atoms with Crippen molar-refractivity contribution in [1.29, 1.82) is 0 Å². The van der Waals surface area contributed by atoms with Gasteiger partial charge in [0.05, 0.1) is 12.6 Å². The number of nitrogens with zero attached hydrogens (tertiary/aromatic N) is 2. The first-order valence-electron chi connectivity index (χ1n) is 17.1. The third-order valence-electron chi connectivity index (χ3n) is 10.7. The lowest BCUT2D eigenvalue weighted by Gasteiger charge is -2.41. The summed E-state index contributed by atoms with van der Waals surface area (Å²) < 4.78 is 12.3. The molecule has 0 radical (unpaired) electrons. The Balaban J connectivity index is 1.30. The van der Waals surface area contributed by atoms with Crippen molar-refractivity contribution in [3.05, 3.63) is 75.7 Å². The highest BCUT2D eigenvalue weighted by atomic mass is 32.1. The Morgan fingerprint density at radius 2 is 1.74 bits per heavy atom. The van der Waals surface area contributed by atoms with Gasteiger partial charge in [-0.3, -0.25) is 4.79 Å². The Labute approximate surface area is 282 Å². The number of thiazole rings is 1. The van der Waals surface area contributed by atoms with Crippen LogP contribution < -0.4 is 9.64 Å². The molecule has 2 aliphatic carbocycles. The highest BCUT2D eigenvalue weighted by Crippen LogP contribution is 2.41. The van der Waals surface area contributed by atoms with Gasteiger partial charge in [0.15, 0.2) is 8.32 Å². The van der Waals surface area contributed by atoms with Gasteiger partial charge in [0, 0.05) is 35.2 Å². The molecule has 0 atom stereocenters. The third-order valence-corrected chi connectivity index (χ3v) is 15.8. The van der Waals surface area contributed by atoms with Crippen LogP contribution in [0.2, 0.25) is 18.1 Å². The van der Waals surface area contributed by atoms with Crippen LogP contribution in [0.5, 0.6) is 5.75 Å². The number of aromatic nitrogens is 1. The minimum absolute atomic E-state index is 0.0302. The number of carbonyl (C=O) groups excluding carboxylic acids is 1. The van der Waals surface area contributed by atoms with Crippen LogP contribution in [-0.4, -0.2) is 39.0 Å². The fraction of sp³-hybridized carbons (Fsp3) is 0.538. The summed E-state index contributed by atoms with van der Waals surface area (Å²) in [6.07, 6.45) is 8.50. The first-order chi connectivity index (χ1) is 21.9. The van der Waals surface area contributed by atoms with Gasteiger partial charge in [0.1, 0.15) is 11.4 Å². The van der Waals surface area contributed by atoms with Gasteiger partial charge in [0.25, 0.3) is 0 Å². The van der Waals surface area contributed by atoms with Crippen molar-refractivity contribution in [3.8, 4) is 17.6 Å². The van der Waals surface area contributed by atoms with Gasteiger partial charge in [-0.05, 0) is 130 Å². The van der Waals surface area contributed by atoms with Gasteiger partial charge in [-0.15, -0.1) is 11.3 Å². The Hall–Kier alpha value is -2.92. The normalized spacial score (nSPS) is 22.1. The van der Waals surface area contributed by atoms with Crippen LogP contribution in [0.4, 0.5) is 5.69 Å². The summed E-state index contributed by atoms with van der Waals surface area (Å²) in [5.74, 6) is 8.73. The predicted octanol–water partition coefficient (Wildman–Crippen LogP) is 9.75. The second kappa shape index (κ2) is 14.9. The molecule has 0 spiro atoms. The average Bonchev–Trinajstić information content (AvgIpc) is 3.56. The number of benzene rings is 2. The summed E-state index contributed by atoms with van der Waals surface area (Å²) in [6, 6.07) is 14.9. The minimum Gasteiger partial charge on any atom is -0.496 e. The SMILES string of the molecule is COc1ccc(C2CCC(CN(C(=O)C3CCC(O[Si](C)(C)C(C)(C)C)CC3)c3cccc(C#Cc4cscn4)c3)CC2)cc1C. The number of anilines is 1. The molecule has 2 aromatic carbocycles. The van der Waals surface area contributed by atoms with Gasteiger partial charge < -0.3 is 14.1 Å². The standard InChI is InChI=1S/C39H52N2O3SSi/c1-28-23-33(18-22-37(28)43-5)31-14-11-30(12-15-31)25-41(35-10-8-9-29(24-35)13-19-34-26-45-27-40-34)38(42)32-16-20-36(21-17-32)44-46(6,7)39(2,3)4/h8-10,18,22-24,26-27,30-32,36H,11-12,14-17,20-21,25H2,1-7H3. The van der Waals surface area contributed by atoms with Crippen molar-refractivity contribution in [1.82, 2.24) is 4.98 Å². The van der Waals surface area contributed by atoms with Crippen LogP contribution in [-0.2, 0) is 9.22 Å². The number of carbonyl (C=O) groups is 1. The highest BCUT2D eigenvalue weighted by Gasteiger charge is 2.41. The number of hydrogen-bond donors (Lipinski definition) is 0. The average molecular weight is 657 g/mol. The van der Waals surface area contributed by atoms with Crippen LogP contribution in [0, 0.1) is 30.6 Å². The van der Waals surface area contributed by atoms with E-state index < -0.39 is 8.32 Å². The molecule has 0 aliphatic heterocycles. The van der Waals surface area contributed by atoms with Crippen LogP contribution >= 0.6 is 11.3 Å². The lowest BCUT2D eigenvalue weighted by Crippen LogP contribution is -2.46. The molecule has 1 heterocycles. The molecule has 0 bridgehead atoms. The topological polar surface area (TPSA) is 51.7 Å². The maximum Gasteiger partial charge on any atom is 0.230 e. The molecule has 246 valence electrons. The van der Waals surface area contributed by atoms with Gasteiger partial charge >= 0.3 is 0 Å². The number of hydrogen-bond acceptors (Lipinski definition) is 5. The van der Waals surface area contributed by atoms with Crippen molar-refractivity contribution < 1.29 is 14.0 Å². The zero-order valence-electron chi connectivity index (χ0n) is 28.9.